The molecule has 0 heterocycles. The molecule has 0 fully saturated rings. The van der Waals surface area contributed by atoms with Crippen LogP contribution in [0.2, 0.25) is 0 Å². The summed E-state index contributed by atoms with van der Waals surface area (Å²) in [6.45, 7) is 0.704. The topological polar surface area (TPSA) is 49.3 Å². The van der Waals surface area contributed by atoms with Crippen LogP contribution in [0.15, 0.2) is 30.3 Å². The molecular weight excluding hydrogens is 234 g/mol. The van der Waals surface area contributed by atoms with Gasteiger partial charge < -0.3 is 10.4 Å². The van der Waals surface area contributed by atoms with Gasteiger partial charge in [0.1, 0.15) is 6.04 Å². The summed E-state index contributed by atoms with van der Waals surface area (Å²) in [6, 6.07) is 9.66. The number of rotatable bonds is 8. The maximum absolute atomic E-state index is 11.0. The summed E-state index contributed by atoms with van der Waals surface area (Å²) in [5.41, 5.74) is 1.23. The van der Waals surface area contributed by atoms with Crippen molar-refractivity contribution < 1.29 is 9.90 Å². The first kappa shape index (κ1) is 14.1. The van der Waals surface area contributed by atoms with E-state index < -0.39 is 12.0 Å². The van der Waals surface area contributed by atoms with Gasteiger partial charge in [0.15, 0.2) is 0 Å². The van der Waals surface area contributed by atoms with E-state index in [4.69, 9.17) is 5.11 Å². The lowest BCUT2D eigenvalue weighted by atomic mass is 10.1. The van der Waals surface area contributed by atoms with E-state index in [0.29, 0.717) is 13.0 Å². The fraction of sp³-hybridized carbons (Fsp3) is 0.462. The van der Waals surface area contributed by atoms with Crippen LogP contribution in [0.1, 0.15) is 12.0 Å². The minimum Gasteiger partial charge on any atom is -0.480 e. The maximum Gasteiger partial charge on any atom is 0.320 e. The predicted octanol–water partition coefficient (Wildman–Crippen LogP) is 2.02. The summed E-state index contributed by atoms with van der Waals surface area (Å²) in [5.74, 6) is 0.113. The van der Waals surface area contributed by atoms with Gasteiger partial charge in [0.2, 0.25) is 0 Å². The van der Waals surface area contributed by atoms with Crippen molar-refractivity contribution in [1.29, 1.82) is 0 Å². The highest BCUT2D eigenvalue weighted by molar-refractivity contribution is 7.98. The van der Waals surface area contributed by atoms with Crippen LogP contribution in [-0.2, 0) is 11.2 Å². The molecule has 1 aromatic carbocycles. The van der Waals surface area contributed by atoms with Crippen LogP contribution in [-0.4, -0.2) is 35.7 Å². The molecule has 0 spiro atoms. The zero-order valence-corrected chi connectivity index (χ0v) is 10.9. The third kappa shape index (κ3) is 5.75. The number of carboxylic acids is 1. The lowest BCUT2D eigenvalue weighted by molar-refractivity contribution is -0.139. The molecule has 4 heteroatoms. The zero-order valence-electron chi connectivity index (χ0n) is 10.1. The monoisotopic (exact) mass is 253 g/mol. The molecule has 0 radical (unpaired) electrons. The smallest absolute Gasteiger partial charge is 0.320 e. The van der Waals surface area contributed by atoms with E-state index in [1.807, 2.05) is 24.5 Å². The van der Waals surface area contributed by atoms with E-state index >= 15 is 0 Å². The van der Waals surface area contributed by atoms with Crippen molar-refractivity contribution in [1.82, 2.24) is 5.32 Å². The van der Waals surface area contributed by atoms with Gasteiger partial charge in [0, 0.05) is 0 Å². The largest absolute Gasteiger partial charge is 0.480 e. The van der Waals surface area contributed by atoms with Crippen molar-refractivity contribution in [3.05, 3.63) is 35.9 Å². The SMILES string of the molecule is CSCC[C@@H](NCCc1ccccc1)C(=O)O. The van der Waals surface area contributed by atoms with Gasteiger partial charge in [-0.1, -0.05) is 30.3 Å². The van der Waals surface area contributed by atoms with Crippen LogP contribution in [0.25, 0.3) is 0 Å². The molecule has 3 nitrogen and oxygen atoms in total. The zero-order chi connectivity index (χ0) is 12.5. The molecule has 0 aliphatic carbocycles. The van der Waals surface area contributed by atoms with Crippen molar-refractivity contribution >= 4 is 17.7 Å². The van der Waals surface area contributed by atoms with E-state index in [1.165, 1.54) is 5.56 Å². The highest BCUT2D eigenvalue weighted by Gasteiger charge is 2.15. The number of thioether (sulfide) groups is 1. The first-order valence-electron chi connectivity index (χ1n) is 5.73. The first-order chi connectivity index (χ1) is 8.24. The minimum absolute atomic E-state index is 0.425. The average Bonchev–Trinajstić information content (AvgIpc) is 2.34. The van der Waals surface area contributed by atoms with E-state index in [-0.39, 0.29) is 0 Å². The fourth-order valence-corrected chi connectivity index (χ4v) is 2.06. The Labute approximate surface area is 107 Å². The number of carboxylic acid groups (broad SMARTS) is 1. The third-order valence-electron chi connectivity index (χ3n) is 2.56. The number of benzene rings is 1. The summed E-state index contributed by atoms with van der Waals surface area (Å²) in [4.78, 5) is 11.0. The minimum atomic E-state index is -0.757. The Morgan fingerprint density at radius 3 is 2.71 bits per heavy atom. The lowest BCUT2D eigenvalue weighted by Crippen LogP contribution is -2.38. The van der Waals surface area contributed by atoms with E-state index in [1.54, 1.807) is 11.8 Å². The van der Waals surface area contributed by atoms with Crippen LogP contribution < -0.4 is 5.32 Å². The molecule has 94 valence electrons. The van der Waals surface area contributed by atoms with Crippen molar-refractivity contribution in [3.63, 3.8) is 0 Å². The van der Waals surface area contributed by atoms with Crippen molar-refractivity contribution in [2.75, 3.05) is 18.6 Å². The van der Waals surface area contributed by atoms with Crippen LogP contribution in [0, 0.1) is 0 Å². The fourth-order valence-electron chi connectivity index (χ4n) is 1.58. The van der Waals surface area contributed by atoms with E-state index in [0.717, 1.165) is 12.2 Å². The van der Waals surface area contributed by atoms with Gasteiger partial charge in [-0.25, -0.2) is 0 Å². The van der Waals surface area contributed by atoms with Crippen molar-refractivity contribution in [2.45, 2.75) is 18.9 Å². The van der Waals surface area contributed by atoms with Crippen LogP contribution in [0.5, 0.6) is 0 Å². The molecule has 0 amide bonds. The van der Waals surface area contributed by atoms with Crippen molar-refractivity contribution in [3.8, 4) is 0 Å². The summed E-state index contributed by atoms with van der Waals surface area (Å²) < 4.78 is 0. The van der Waals surface area contributed by atoms with Gasteiger partial charge in [0.25, 0.3) is 0 Å². The van der Waals surface area contributed by atoms with E-state index in [9.17, 15) is 4.79 Å². The Bertz CT molecular complexity index is 329. The predicted molar refractivity (Wildman–Crippen MR) is 72.6 cm³/mol. The van der Waals surface area contributed by atoms with Crippen LogP contribution in [0.4, 0.5) is 0 Å². The number of aliphatic carboxylic acids is 1. The van der Waals surface area contributed by atoms with Gasteiger partial charge in [-0.15, -0.1) is 0 Å². The highest BCUT2D eigenvalue weighted by atomic mass is 32.2. The second-order valence-corrected chi connectivity index (χ2v) is 4.85. The second kappa shape index (κ2) is 8.14. The number of carbonyl (C=O) groups is 1. The molecule has 1 aromatic rings. The lowest BCUT2D eigenvalue weighted by Gasteiger charge is -2.13. The molecule has 0 saturated heterocycles. The molecule has 2 N–H and O–H groups in total. The Morgan fingerprint density at radius 2 is 2.12 bits per heavy atom. The summed E-state index contributed by atoms with van der Waals surface area (Å²) in [5, 5.41) is 12.1. The Hall–Kier alpha value is -1.00. The van der Waals surface area contributed by atoms with Gasteiger partial charge in [-0.3, -0.25) is 4.79 Å². The standard InChI is InChI=1S/C13H19NO2S/c1-17-10-8-12(13(15)16)14-9-7-11-5-3-2-4-6-11/h2-6,12,14H,7-10H2,1H3,(H,15,16)/t12-/m1/s1. The normalized spacial score (nSPS) is 12.3. The molecule has 0 aromatic heterocycles. The molecule has 0 unspecified atom stereocenters. The van der Waals surface area contributed by atoms with Gasteiger partial charge >= 0.3 is 5.97 Å². The first-order valence-corrected chi connectivity index (χ1v) is 7.12. The molecule has 0 aliphatic rings. The molecule has 0 aliphatic heterocycles. The second-order valence-electron chi connectivity index (χ2n) is 3.86. The Morgan fingerprint density at radius 1 is 1.41 bits per heavy atom. The highest BCUT2D eigenvalue weighted by Crippen LogP contribution is 2.02. The molecule has 1 rings (SSSR count). The maximum atomic E-state index is 11.0. The van der Waals surface area contributed by atoms with Crippen molar-refractivity contribution in [2.24, 2.45) is 0 Å². The quantitative estimate of drug-likeness (QED) is 0.744. The molecule has 1 atom stereocenters. The molecule has 0 saturated carbocycles. The summed E-state index contributed by atoms with van der Waals surface area (Å²) >= 11 is 1.67. The molecule has 0 bridgehead atoms. The Balaban J connectivity index is 2.29. The van der Waals surface area contributed by atoms with Gasteiger partial charge in [0.05, 0.1) is 0 Å². The third-order valence-corrected chi connectivity index (χ3v) is 3.20. The van der Waals surface area contributed by atoms with Gasteiger partial charge in [-0.05, 0) is 37.0 Å². The molecule has 17 heavy (non-hydrogen) atoms. The summed E-state index contributed by atoms with van der Waals surface area (Å²) in [6.07, 6.45) is 3.53. The van der Waals surface area contributed by atoms with Crippen LogP contribution in [0.3, 0.4) is 0 Å². The average molecular weight is 253 g/mol. The van der Waals surface area contributed by atoms with Gasteiger partial charge in [-0.2, -0.15) is 11.8 Å². The number of hydrogen-bond donors (Lipinski definition) is 2. The summed E-state index contributed by atoms with van der Waals surface area (Å²) in [7, 11) is 0. The molecular formula is C13H19NO2S. The number of nitrogens with one attached hydrogen (secondary N) is 1. The number of hydrogen-bond acceptors (Lipinski definition) is 3. The van der Waals surface area contributed by atoms with E-state index in [2.05, 4.69) is 17.4 Å². The van der Waals surface area contributed by atoms with Crippen LogP contribution >= 0.6 is 11.8 Å². The Kier molecular flexibility index (Phi) is 6.74.